The molecule has 0 unspecified atom stereocenters. The Labute approximate surface area is 148 Å². The molecule has 1 saturated heterocycles. The molecule has 2 fully saturated rings. The molecule has 6 nitrogen and oxygen atoms in total. The molecule has 0 radical (unpaired) electrons. The lowest BCUT2D eigenvalue weighted by Gasteiger charge is -2.30. The molecule has 1 heterocycles. The number of hydrogen-bond donors (Lipinski definition) is 2. The number of rotatable bonds is 4. The third-order valence-corrected chi connectivity index (χ3v) is 5.39. The Balaban J connectivity index is 1.67. The van der Waals surface area contributed by atoms with E-state index in [1.165, 1.54) is 6.42 Å². The normalized spacial score (nSPS) is 29.4. The van der Waals surface area contributed by atoms with Gasteiger partial charge in [-0.25, -0.2) is 4.79 Å². The molecule has 3 rings (SSSR count). The van der Waals surface area contributed by atoms with Crippen molar-refractivity contribution in [1.82, 2.24) is 15.5 Å². The van der Waals surface area contributed by atoms with Crippen LogP contribution in [0.15, 0.2) is 30.3 Å². The number of carbonyl (C=O) groups is 3. The van der Waals surface area contributed by atoms with E-state index in [9.17, 15) is 14.4 Å². The molecule has 2 N–H and O–H groups in total. The first kappa shape index (κ1) is 17.5. The fourth-order valence-corrected chi connectivity index (χ4v) is 3.73. The number of benzene rings is 1. The summed E-state index contributed by atoms with van der Waals surface area (Å²) < 4.78 is 0. The van der Waals surface area contributed by atoms with E-state index in [0.717, 1.165) is 24.2 Å². The van der Waals surface area contributed by atoms with Gasteiger partial charge in [-0.2, -0.15) is 0 Å². The summed E-state index contributed by atoms with van der Waals surface area (Å²) in [6, 6.07) is 8.69. The van der Waals surface area contributed by atoms with Gasteiger partial charge in [0.2, 0.25) is 5.91 Å². The summed E-state index contributed by atoms with van der Waals surface area (Å²) in [5.74, 6) is -0.245. The summed E-state index contributed by atoms with van der Waals surface area (Å²) in [4.78, 5) is 38.4. The van der Waals surface area contributed by atoms with Crippen molar-refractivity contribution in [3.05, 3.63) is 35.9 Å². The van der Waals surface area contributed by atoms with Crippen LogP contribution >= 0.6 is 0 Å². The van der Waals surface area contributed by atoms with Crippen LogP contribution in [0.2, 0.25) is 0 Å². The highest BCUT2D eigenvalue weighted by Gasteiger charge is 2.49. The summed E-state index contributed by atoms with van der Waals surface area (Å²) in [5, 5.41) is 5.71. The van der Waals surface area contributed by atoms with E-state index in [0.29, 0.717) is 11.5 Å². The van der Waals surface area contributed by atoms with Gasteiger partial charge in [0.05, 0.1) is 0 Å². The summed E-state index contributed by atoms with van der Waals surface area (Å²) in [6.45, 7) is 3.56. The van der Waals surface area contributed by atoms with Gasteiger partial charge in [-0.3, -0.25) is 14.5 Å². The third kappa shape index (κ3) is 3.38. The Bertz CT molecular complexity index is 676. The van der Waals surface area contributed by atoms with E-state index < -0.39 is 17.5 Å². The van der Waals surface area contributed by atoms with Crippen molar-refractivity contribution in [2.24, 2.45) is 5.92 Å². The maximum atomic E-state index is 12.8. The lowest BCUT2D eigenvalue weighted by atomic mass is 9.86. The Hall–Kier alpha value is -2.37. The second-order valence-corrected chi connectivity index (χ2v) is 7.25. The van der Waals surface area contributed by atoms with Crippen molar-refractivity contribution < 1.29 is 14.4 Å². The van der Waals surface area contributed by atoms with E-state index in [2.05, 4.69) is 17.6 Å². The average molecular weight is 343 g/mol. The molecule has 1 aromatic rings. The quantitative estimate of drug-likeness (QED) is 0.822. The maximum Gasteiger partial charge on any atom is 0.325 e. The Morgan fingerprint density at radius 1 is 1.24 bits per heavy atom. The zero-order chi connectivity index (χ0) is 18.0. The van der Waals surface area contributed by atoms with Crippen LogP contribution in [0.25, 0.3) is 0 Å². The molecule has 1 saturated carbocycles. The van der Waals surface area contributed by atoms with E-state index in [1.807, 2.05) is 18.2 Å². The highest BCUT2D eigenvalue weighted by atomic mass is 16.2. The van der Waals surface area contributed by atoms with Gasteiger partial charge >= 0.3 is 6.03 Å². The standard InChI is InChI=1S/C19H25N3O3/c1-13-8-6-7-11-15(13)20-16(23)12-22-17(24)19(2,21-18(22)25)14-9-4-3-5-10-14/h3-5,9-10,13,15H,6-8,11-12H2,1-2H3,(H,20,23)(H,21,25)/t13-,15-,19-/m1/s1. The molecule has 0 aromatic heterocycles. The zero-order valence-corrected chi connectivity index (χ0v) is 14.7. The van der Waals surface area contributed by atoms with Crippen molar-refractivity contribution >= 4 is 17.8 Å². The third-order valence-electron chi connectivity index (χ3n) is 5.39. The molecule has 4 amide bonds. The summed E-state index contributed by atoms with van der Waals surface area (Å²) in [6.07, 6.45) is 4.34. The first-order valence-electron chi connectivity index (χ1n) is 8.91. The molecule has 0 bridgehead atoms. The maximum absolute atomic E-state index is 12.8. The summed E-state index contributed by atoms with van der Waals surface area (Å²) in [7, 11) is 0. The van der Waals surface area contributed by atoms with Gasteiger partial charge < -0.3 is 10.6 Å². The van der Waals surface area contributed by atoms with E-state index >= 15 is 0 Å². The minimum absolute atomic E-state index is 0.127. The Morgan fingerprint density at radius 2 is 1.92 bits per heavy atom. The second kappa shape index (κ2) is 6.86. The molecule has 134 valence electrons. The first-order valence-corrected chi connectivity index (χ1v) is 8.91. The highest BCUT2D eigenvalue weighted by Crippen LogP contribution is 2.28. The monoisotopic (exact) mass is 343 g/mol. The lowest BCUT2D eigenvalue weighted by molar-refractivity contribution is -0.135. The molecule has 1 aromatic carbocycles. The highest BCUT2D eigenvalue weighted by molar-refractivity contribution is 6.09. The smallest absolute Gasteiger partial charge is 0.325 e. The minimum Gasteiger partial charge on any atom is -0.352 e. The van der Waals surface area contributed by atoms with Crippen molar-refractivity contribution in [2.45, 2.75) is 51.1 Å². The predicted molar refractivity (Wildman–Crippen MR) is 93.6 cm³/mol. The van der Waals surface area contributed by atoms with Gasteiger partial charge in [0.15, 0.2) is 0 Å². The van der Waals surface area contributed by atoms with Crippen LogP contribution in [0.3, 0.4) is 0 Å². The van der Waals surface area contributed by atoms with Crippen molar-refractivity contribution in [1.29, 1.82) is 0 Å². The molecule has 3 atom stereocenters. The zero-order valence-electron chi connectivity index (χ0n) is 14.7. The first-order chi connectivity index (χ1) is 11.9. The Morgan fingerprint density at radius 3 is 2.60 bits per heavy atom. The molecule has 6 heteroatoms. The van der Waals surface area contributed by atoms with Crippen LogP contribution < -0.4 is 10.6 Å². The lowest BCUT2D eigenvalue weighted by Crippen LogP contribution is -2.47. The molecule has 0 spiro atoms. The average Bonchev–Trinajstić information content (AvgIpc) is 2.82. The van der Waals surface area contributed by atoms with Crippen molar-refractivity contribution in [3.63, 3.8) is 0 Å². The number of amides is 4. The van der Waals surface area contributed by atoms with E-state index in [4.69, 9.17) is 0 Å². The van der Waals surface area contributed by atoms with Gasteiger partial charge in [-0.05, 0) is 31.2 Å². The van der Waals surface area contributed by atoms with E-state index in [-0.39, 0.29) is 18.5 Å². The number of carbonyl (C=O) groups excluding carboxylic acids is 3. The number of urea groups is 1. The summed E-state index contributed by atoms with van der Waals surface area (Å²) in [5.41, 5.74) is -0.423. The van der Waals surface area contributed by atoms with Crippen LogP contribution in [-0.2, 0) is 15.1 Å². The van der Waals surface area contributed by atoms with Gasteiger partial charge in [0, 0.05) is 6.04 Å². The number of imide groups is 1. The number of hydrogen-bond acceptors (Lipinski definition) is 3. The van der Waals surface area contributed by atoms with Gasteiger partial charge in [0.25, 0.3) is 5.91 Å². The predicted octanol–water partition coefficient (Wildman–Crippen LogP) is 2.15. The van der Waals surface area contributed by atoms with E-state index in [1.54, 1.807) is 19.1 Å². The SMILES string of the molecule is C[C@@H]1CCCC[C@H]1NC(=O)CN1C(=O)N[C@](C)(c2ccccc2)C1=O. The molecular formula is C19H25N3O3. The largest absolute Gasteiger partial charge is 0.352 e. The second-order valence-electron chi connectivity index (χ2n) is 7.25. The van der Waals surface area contributed by atoms with Crippen LogP contribution in [-0.4, -0.2) is 35.3 Å². The van der Waals surface area contributed by atoms with Crippen LogP contribution in [0.4, 0.5) is 4.79 Å². The van der Waals surface area contributed by atoms with Gasteiger partial charge in [-0.15, -0.1) is 0 Å². The molecule has 25 heavy (non-hydrogen) atoms. The van der Waals surface area contributed by atoms with Crippen LogP contribution in [0.5, 0.6) is 0 Å². The van der Waals surface area contributed by atoms with Crippen molar-refractivity contribution in [3.8, 4) is 0 Å². The molecule has 2 aliphatic rings. The topological polar surface area (TPSA) is 78.5 Å². The van der Waals surface area contributed by atoms with Gasteiger partial charge in [-0.1, -0.05) is 50.1 Å². The fourth-order valence-electron chi connectivity index (χ4n) is 3.73. The Kier molecular flexibility index (Phi) is 4.79. The number of nitrogens with zero attached hydrogens (tertiary/aromatic N) is 1. The van der Waals surface area contributed by atoms with Gasteiger partial charge in [0.1, 0.15) is 12.1 Å². The summed E-state index contributed by atoms with van der Waals surface area (Å²) >= 11 is 0. The fraction of sp³-hybridized carbons (Fsp3) is 0.526. The number of nitrogens with one attached hydrogen (secondary N) is 2. The van der Waals surface area contributed by atoms with Crippen LogP contribution in [0.1, 0.15) is 45.1 Å². The molecule has 1 aliphatic carbocycles. The van der Waals surface area contributed by atoms with Crippen molar-refractivity contribution in [2.75, 3.05) is 6.54 Å². The minimum atomic E-state index is -1.13. The molecular weight excluding hydrogens is 318 g/mol. The van der Waals surface area contributed by atoms with Crippen LogP contribution in [0, 0.1) is 5.92 Å². The molecule has 1 aliphatic heterocycles.